The van der Waals surface area contributed by atoms with Crippen LogP contribution in [0, 0.1) is 0 Å². The van der Waals surface area contributed by atoms with Crippen LogP contribution >= 0.6 is 22.9 Å². The largest absolute Gasteiger partial charge is 0.495 e. The van der Waals surface area contributed by atoms with E-state index in [1.165, 1.54) is 23.3 Å². The fourth-order valence-electron chi connectivity index (χ4n) is 2.83. The summed E-state index contributed by atoms with van der Waals surface area (Å²) in [6.07, 6.45) is 0. The molecule has 3 aromatic rings. The molecule has 0 aliphatic heterocycles. The van der Waals surface area contributed by atoms with Crippen molar-refractivity contribution >= 4 is 40.4 Å². The number of hydrogen-bond acceptors (Lipinski definition) is 7. The smallest absolute Gasteiger partial charge is 0.280 e. The Kier molecular flexibility index (Phi) is 6.29. The van der Waals surface area contributed by atoms with E-state index in [4.69, 9.17) is 4.74 Å². The van der Waals surface area contributed by atoms with E-state index in [1.807, 2.05) is 44.4 Å². The van der Waals surface area contributed by atoms with Gasteiger partial charge in [-0.2, -0.15) is 0 Å². The molecule has 0 bridgehead atoms. The van der Waals surface area contributed by atoms with Gasteiger partial charge < -0.3 is 10.1 Å². The van der Waals surface area contributed by atoms with Gasteiger partial charge in [-0.25, -0.2) is 0 Å². The average Bonchev–Trinajstić information content (AvgIpc) is 3.37. The first-order valence-electron chi connectivity index (χ1n) is 8.91. The molecule has 0 fully saturated rings. The van der Waals surface area contributed by atoms with Gasteiger partial charge in [-0.3, -0.25) is 14.5 Å². The summed E-state index contributed by atoms with van der Waals surface area (Å²) >= 11 is 2.49. The summed E-state index contributed by atoms with van der Waals surface area (Å²) in [5.41, 5.74) is 0.186. The number of carbonyl (C=O) groups excluding carboxylic acids is 2. The Hall–Kier alpha value is -2.78. The zero-order valence-electron chi connectivity index (χ0n) is 16.6. The van der Waals surface area contributed by atoms with E-state index >= 15 is 0 Å². The summed E-state index contributed by atoms with van der Waals surface area (Å²) in [6, 6.07) is 9.91. The van der Waals surface area contributed by atoms with Crippen LogP contribution in [0.3, 0.4) is 0 Å². The zero-order chi connectivity index (χ0) is 21.0. The maximum atomic E-state index is 13.5. The number of thiophene rings is 1. The lowest BCUT2D eigenvalue weighted by Crippen LogP contribution is -2.49. The second kappa shape index (κ2) is 8.71. The number of aromatic nitrogens is 2. The lowest BCUT2D eigenvalue weighted by molar-refractivity contribution is -0.123. The average molecular weight is 431 g/mol. The first kappa shape index (κ1) is 20.9. The van der Waals surface area contributed by atoms with E-state index in [0.717, 1.165) is 16.4 Å². The number of nitrogens with one attached hydrogen (secondary N) is 1. The van der Waals surface area contributed by atoms with Crippen molar-refractivity contribution in [3.63, 3.8) is 0 Å². The first-order chi connectivity index (χ1) is 13.8. The molecule has 9 heteroatoms. The third kappa shape index (κ3) is 4.80. The molecule has 29 heavy (non-hydrogen) atoms. The first-order valence-corrected chi connectivity index (χ1v) is 10.6. The number of para-hydroxylation sites is 2. The van der Waals surface area contributed by atoms with Crippen molar-refractivity contribution < 1.29 is 14.3 Å². The minimum Gasteiger partial charge on any atom is -0.495 e. The van der Waals surface area contributed by atoms with Gasteiger partial charge in [-0.1, -0.05) is 22.7 Å². The van der Waals surface area contributed by atoms with Gasteiger partial charge in [0.25, 0.3) is 5.91 Å². The molecule has 0 saturated heterocycles. The zero-order valence-corrected chi connectivity index (χ0v) is 18.2. The van der Waals surface area contributed by atoms with E-state index in [2.05, 4.69) is 14.9 Å². The van der Waals surface area contributed by atoms with Crippen molar-refractivity contribution in [2.45, 2.75) is 32.4 Å². The normalized spacial score (nSPS) is 12.3. The third-order valence-corrected chi connectivity index (χ3v) is 5.39. The van der Waals surface area contributed by atoms with Crippen molar-refractivity contribution in [1.29, 1.82) is 0 Å². The van der Waals surface area contributed by atoms with E-state index in [9.17, 15) is 9.59 Å². The van der Waals surface area contributed by atoms with Gasteiger partial charge in [0, 0.05) is 15.8 Å². The maximum absolute atomic E-state index is 13.5. The highest BCUT2D eigenvalue weighted by molar-refractivity contribution is 7.10. The highest BCUT2D eigenvalue weighted by Crippen LogP contribution is 2.37. The summed E-state index contributed by atoms with van der Waals surface area (Å²) in [4.78, 5) is 29.0. The van der Waals surface area contributed by atoms with Crippen LogP contribution in [0.4, 0.5) is 5.69 Å². The number of hydrogen-bond donors (Lipinski definition) is 1. The number of nitrogens with zero attached hydrogens (tertiary/aromatic N) is 3. The third-order valence-electron chi connectivity index (χ3n) is 3.96. The van der Waals surface area contributed by atoms with E-state index in [0.29, 0.717) is 11.4 Å². The minimum atomic E-state index is -0.889. The summed E-state index contributed by atoms with van der Waals surface area (Å²) in [5.74, 6) is -0.234. The van der Waals surface area contributed by atoms with Crippen LogP contribution in [0.25, 0.3) is 0 Å². The Morgan fingerprint density at radius 2 is 1.93 bits per heavy atom. The quantitative estimate of drug-likeness (QED) is 0.641. The molecular formula is C20H22N4O3S2. The molecule has 0 saturated carbocycles. The van der Waals surface area contributed by atoms with E-state index in [1.54, 1.807) is 23.6 Å². The van der Waals surface area contributed by atoms with Gasteiger partial charge in [0.2, 0.25) is 5.91 Å². The molecule has 1 N–H and O–H groups in total. The predicted octanol–water partition coefficient (Wildman–Crippen LogP) is 3.91. The second-order valence-electron chi connectivity index (χ2n) is 7.29. The van der Waals surface area contributed by atoms with E-state index < -0.39 is 17.5 Å². The minimum absolute atomic E-state index is 0.172. The molecule has 152 valence electrons. The van der Waals surface area contributed by atoms with Crippen LogP contribution in [0.2, 0.25) is 0 Å². The van der Waals surface area contributed by atoms with Crippen LogP contribution in [0.15, 0.2) is 47.2 Å². The number of methoxy groups -OCH3 is 1. The van der Waals surface area contributed by atoms with Gasteiger partial charge in [0.05, 0.1) is 12.8 Å². The highest BCUT2D eigenvalue weighted by Gasteiger charge is 2.37. The lowest BCUT2D eigenvalue weighted by atomic mass is 10.1. The van der Waals surface area contributed by atoms with Crippen molar-refractivity contribution in [3.05, 3.63) is 57.7 Å². The number of benzene rings is 1. The molecule has 1 aromatic carbocycles. The molecule has 1 atom stereocenters. The predicted molar refractivity (Wildman–Crippen MR) is 115 cm³/mol. The fraction of sp³-hybridized carbons (Fsp3) is 0.300. The van der Waals surface area contributed by atoms with Gasteiger partial charge in [0.15, 0.2) is 11.7 Å². The molecular weight excluding hydrogens is 408 g/mol. The summed E-state index contributed by atoms with van der Waals surface area (Å²) < 4.78 is 9.29. The molecule has 0 aliphatic rings. The van der Waals surface area contributed by atoms with Crippen LogP contribution < -0.4 is 15.0 Å². The molecule has 2 heterocycles. The molecule has 2 amide bonds. The Morgan fingerprint density at radius 1 is 1.17 bits per heavy atom. The second-order valence-corrected chi connectivity index (χ2v) is 8.88. The Labute approximate surface area is 177 Å². The molecule has 1 unspecified atom stereocenters. The summed E-state index contributed by atoms with van der Waals surface area (Å²) in [5, 5.41) is 10.4. The Bertz CT molecular complexity index is 966. The maximum Gasteiger partial charge on any atom is 0.280 e. The van der Waals surface area contributed by atoms with Crippen LogP contribution in [0.5, 0.6) is 5.75 Å². The molecule has 0 spiro atoms. The van der Waals surface area contributed by atoms with Gasteiger partial charge in [-0.05, 0) is 55.9 Å². The molecule has 3 rings (SSSR count). The van der Waals surface area contributed by atoms with Crippen molar-refractivity contribution in [1.82, 2.24) is 14.9 Å². The highest BCUT2D eigenvalue weighted by atomic mass is 32.1. The van der Waals surface area contributed by atoms with Crippen molar-refractivity contribution in [3.8, 4) is 5.75 Å². The molecule has 7 nitrogen and oxygen atoms in total. The number of rotatable bonds is 6. The SMILES string of the molecule is COc1ccccc1N(C(=O)c1csnn1)C(C(=O)NC(C)(C)C)c1cccs1. The topological polar surface area (TPSA) is 84.4 Å². The number of anilines is 1. The lowest BCUT2D eigenvalue weighted by Gasteiger charge is -2.33. The van der Waals surface area contributed by atoms with E-state index in [-0.39, 0.29) is 11.6 Å². The molecule has 0 aliphatic carbocycles. The van der Waals surface area contributed by atoms with Crippen LogP contribution in [0.1, 0.15) is 42.2 Å². The number of amides is 2. The number of ether oxygens (including phenoxy) is 1. The fourth-order valence-corrected chi connectivity index (χ4v) is 4.08. The molecule has 0 radical (unpaired) electrons. The standard InChI is InChI=1S/C20H22N4O3S2/c1-20(2,3)21-18(25)17(16-10-7-11-28-16)24(19(26)13-12-29-23-22-13)14-8-5-6-9-15(14)27-4/h5-12,17H,1-4H3,(H,21,25). The van der Waals surface area contributed by atoms with Gasteiger partial charge in [0.1, 0.15) is 5.75 Å². The summed E-state index contributed by atoms with van der Waals surface area (Å²) in [6.45, 7) is 5.70. The Morgan fingerprint density at radius 3 is 2.52 bits per heavy atom. The monoisotopic (exact) mass is 430 g/mol. The van der Waals surface area contributed by atoms with Gasteiger partial charge >= 0.3 is 0 Å². The van der Waals surface area contributed by atoms with Crippen molar-refractivity contribution in [2.24, 2.45) is 0 Å². The van der Waals surface area contributed by atoms with Crippen LogP contribution in [-0.2, 0) is 4.79 Å². The van der Waals surface area contributed by atoms with Gasteiger partial charge in [-0.15, -0.1) is 16.4 Å². The van der Waals surface area contributed by atoms with Crippen molar-refractivity contribution in [2.75, 3.05) is 12.0 Å². The Balaban J connectivity index is 2.17. The van der Waals surface area contributed by atoms with Crippen LogP contribution in [-0.4, -0.2) is 34.1 Å². The number of carbonyl (C=O) groups is 2. The molecule has 2 aromatic heterocycles. The summed E-state index contributed by atoms with van der Waals surface area (Å²) in [7, 11) is 1.53.